The van der Waals surface area contributed by atoms with Gasteiger partial charge in [-0.2, -0.15) is 0 Å². The third kappa shape index (κ3) is 9.19. The van der Waals surface area contributed by atoms with Crippen molar-refractivity contribution in [3.05, 3.63) is 0 Å². The van der Waals surface area contributed by atoms with Crippen molar-refractivity contribution in [2.45, 2.75) is 20.3 Å². The van der Waals surface area contributed by atoms with E-state index in [9.17, 15) is 0 Å². The number of hydrogen-bond donors (Lipinski definition) is 0. The highest BCUT2D eigenvalue weighted by Crippen LogP contribution is 2.58. The highest BCUT2D eigenvalue weighted by atomic mass is 35.9. The Hall–Kier alpha value is 1.19. The van der Waals surface area contributed by atoms with Gasteiger partial charge in [0.15, 0.2) is 0 Å². The summed E-state index contributed by atoms with van der Waals surface area (Å²) < 4.78 is 5.00. The maximum absolute atomic E-state index is 5.49. The molecule has 0 N–H and O–H groups in total. The molecule has 0 heterocycles. The highest BCUT2D eigenvalue weighted by molar-refractivity contribution is 8.36. The minimum atomic E-state index is -2.44. The Bertz CT molecular complexity index is 134. The Balaban J connectivity index is 3.30. The van der Waals surface area contributed by atoms with Gasteiger partial charge in [-0.05, 0) is 46.6 Å². The third-order valence-electron chi connectivity index (χ3n) is 0.937. The van der Waals surface area contributed by atoms with Crippen LogP contribution in [-0.4, -0.2) is 6.61 Å². The van der Waals surface area contributed by atoms with Crippen molar-refractivity contribution in [2.24, 2.45) is 5.92 Å². The van der Waals surface area contributed by atoms with E-state index in [4.69, 9.17) is 27.0 Å². The van der Waals surface area contributed by atoms with E-state index in [0.29, 0.717) is 12.5 Å². The van der Waals surface area contributed by atoms with Crippen molar-refractivity contribution in [1.29, 1.82) is 0 Å². The summed E-state index contributed by atoms with van der Waals surface area (Å²) in [6, 6.07) is 0. The fourth-order valence-electron chi connectivity index (χ4n) is 0.395. The second kappa shape index (κ2) is 4.95. The third-order valence-corrected chi connectivity index (χ3v) is 2.32. The van der Waals surface area contributed by atoms with Crippen molar-refractivity contribution in [3.63, 3.8) is 0 Å². The largest absolute Gasteiger partial charge is 0.327 e. The van der Waals surface area contributed by atoms with Gasteiger partial charge in [-0.25, -0.2) is 0 Å². The molecule has 0 saturated heterocycles. The standard InChI is InChI=1S/C5H11Cl2OPS/c1-5(2)3-4-8-9(6,7)10/h5H,3-4H2,1-2H3. The van der Waals surface area contributed by atoms with E-state index in [1.54, 1.807) is 0 Å². The second-order valence-electron chi connectivity index (χ2n) is 2.43. The molecule has 1 nitrogen and oxygen atoms in total. The molecular weight excluding hydrogens is 210 g/mol. The SMILES string of the molecule is CC(C)CCOP(=S)(Cl)Cl. The Morgan fingerprint density at radius 3 is 2.30 bits per heavy atom. The van der Waals surface area contributed by atoms with E-state index >= 15 is 0 Å². The van der Waals surface area contributed by atoms with Crippen LogP contribution in [0.2, 0.25) is 0 Å². The van der Waals surface area contributed by atoms with Crippen molar-refractivity contribution < 1.29 is 4.52 Å². The molecule has 10 heavy (non-hydrogen) atoms. The van der Waals surface area contributed by atoms with E-state index < -0.39 is 4.97 Å². The molecule has 0 aromatic heterocycles. The lowest BCUT2D eigenvalue weighted by Crippen LogP contribution is -1.93. The van der Waals surface area contributed by atoms with Crippen LogP contribution in [0.1, 0.15) is 20.3 Å². The van der Waals surface area contributed by atoms with Crippen molar-refractivity contribution in [2.75, 3.05) is 6.61 Å². The second-order valence-corrected chi connectivity index (χ2v) is 9.64. The Morgan fingerprint density at radius 2 is 2.00 bits per heavy atom. The number of hydrogen-bond acceptors (Lipinski definition) is 2. The predicted molar refractivity (Wildman–Crippen MR) is 51.4 cm³/mol. The van der Waals surface area contributed by atoms with Crippen molar-refractivity contribution >= 4 is 39.3 Å². The number of halogens is 2. The van der Waals surface area contributed by atoms with Crippen LogP contribution in [0.3, 0.4) is 0 Å². The van der Waals surface area contributed by atoms with Crippen LogP contribution in [0, 0.1) is 5.92 Å². The predicted octanol–water partition coefficient (Wildman–Crippen LogP) is 3.75. The fraction of sp³-hybridized carbons (Fsp3) is 1.00. The molecular formula is C5H11Cl2OPS. The molecule has 0 spiro atoms. The normalized spacial score (nSPS) is 12.5. The summed E-state index contributed by atoms with van der Waals surface area (Å²) in [5, 5.41) is 0. The van der Waals surface area contributed by atoms with E-state index in [2.05, 4.69) is 25.7 Å². The van der Waals surface area contributed by atoms with E-state index in [1.165, 1.54) is 0 Å². The average Bonchev–Trinajstić information content (AvgIpc) is 1.59. The quantitative estimate of drug-likeness (QED) is 0.668. The lowest BCUT2D eigenvalue weighted by molar-refractivity contribution is 0.327. The van der Waals surface area contributed by atoms with Gasteiger partial charge in [-0.3, -0.25) is 0 Å². The van der Waals surface area contributed by atoms with Gasteiger partial charge in [0.05, 0.1) is 6.61 Å². The summed E-state index contributed by atoms with van der Waals surface area (Å²) in [7, 11) is 0. The van der Waals surface area contributed by atoms with Gasteiger partial charge >= 0.3 is 0 Å². The summed E-state index contributed by atoms with van der Waals surface area (Å²) in [6.45, 7) is 4.78. The summed E-state index contributed by atoms with van der Waals surface area (Å²) in [5.41, 5.74) is 0. The lowest BCUT2D eigenvalue weighted by atomic mass is 10.2. The van der Waals surface area contributed by atoms with Gasteiger partial charge in [0, 0.05) is 0 Å². The molecule has 5 heteroatoms. The Morgan fingerprint density at radius 1 is 1.50 bits per heavy atom. The van der Waals surface area contributed by atoms with E-state index in [-0.39, 0.29) is 0 Å². The summed E-state index contributed by atoms with van der Waals surface area (Å²) in [5.74, 6) is 0.606. The van der Waals surface area contributed by atoms with Gasteiger partial charge in [-0.1, -0.05) is 13.8 Å². The molecule has 0 aromatic carbocycles. The molecule has 0 fully saturated rings. The molecule has 0 radical (unpaired) electrons. The smallest absolute Gasteiger partial charge is 0.240 e. The molecule has 0 amide bonds. The van der Waals surface area contributed by atoms with Crippen molar-refractivity contribution in [1.82, 2.24) is 0 Å². The lowest BCUT2D eigenvalue weighted by Gasteiger charge is -2.07. The molecule has 0 rings (SSSR count). The first-order valence-electron chi connectivity index (χ1n) is 3.05. The summed E-state index contributed by atoms with van der Waals surface area (Å²) in [4.78, 5) is -2.44. The molecule has 62 valence electrons. The highest BCUT2D eigenvalue weighted by Gasteiger charge is 2.07. The van der Waals surface area contributed by atoms with Crippen LogP contribution in [-0.2, 0) is 16.3 Å². The Kier molecular flexibility index (Phi) is 5.54. The monoisotopic (exact) mass is 220 g/mol. The van der Waals surface area contributed by atoms with Crippen LogP contribution >= 0.6 is 27.5 Å². The van der Waals surface area contributed by atoms with E-state index in [0.717, 1.165) is 6.42 Å². The summed E-state index contributed by atoms with van der Waals surface area (Å²) >= 11 is 15.6. The maximum Gasteiger partial charge on any atom is 0.240 e. The molecule has 0 bridgehead atoms. The van der Waals surface area contributed by atoms with E-state index in [1.807, 2.05) is 0 Å². The maximum atomic E-state index is 5.49. The molecule has 0 aliphatic heterocycles. The number of rotatable bonds is 4. The molecule has 0 unspecified atom stereocenters. The zero-order chi connectivity index (χ0) is 8.20. The molecule has 0 saturated carbocycles. The Labute approximate surface area is 76.7 Å². The van der Waals surface area contributed by atoms with Crippen LogP contribution in [0.4, 0.5) is 0 Å². The molecule has 0 atom stereocenters. The fourth-order valence-corrected chi connectivity index (χ4v) is 1.35. The van der Waals surface area contributed by atoms with Gasteiger partial charge in [-0.15, -0.1) is 0 Å². The van der Waals surface area contributed by atoms with Gasteiger partial charge in [0.2, 0.25) is 4.97 Å². The first kappa shape index (κ1) is 11.2. The van der Waals surface area contributed by atoms with Gasteiger partial charge < -0.3 is 4.52 Å². The van der Waals surface area contributed by atoms with Crippen molar-refractivity contribution in [3.8, 4) is 0 Å². The topological polar surface area (TPSA) is 9.23 Å². The first-order valence-corrected chi connectivity index (χ1v) is 7.59. The zero-order valence-electron chi connectivity index (χ0n) is 6.01. The average molecular weight is 221 g/mol. The van der Waals surface area contributed by atoms with Crippen LogP contribution in [0.15, 0.2) is 0 Å². The summed E-state index contributed by atoms with van der Waals surface area (Å²) in [6.07, 6.45) is 0.956. The molecule has 0 aromatic rings. The van der Waals surface area contributed by atoms with Crippen LogP contribution in [0.5, 0.6) is 0 Å². The van der Waals surface area contributed by atoms with Gasteiger partial charge in [0.25, 0.3) is 0 Å². The zero-order valence-corrected chi connectivity index (χ0v) is 9.23. The minimum absolute atomic E-state index is 0.571. The molecule has 0 aliphatic rings. The van der Waals surface area contributed by atoms with Crippen LogP contribution < -0.4 is 0 Å². The minimum Gasteiger partial charge on any atom is -0.327 e. The van der Waals surface area contributed by atoms with Gasteiger partial charge in [0.1, 0.15) is 0 Å². The first-order chi connectivity index (χ1) is 4.42. The molecule has 0 aliphatic carbocycles. The van der Waals surface area contributed by atoms with Crippen LogP contribution in [0.25, 0.3) is 0 Å².